The van der Waals surface area contributed by atoms with Crippen molar-refractivity contribution in [2.45, 2.75) is 32.7 Å². The minimum atomic E-state index is -0.571. The Bertz CT molecular complexity index is 1320. The Balaban J connectivity index is 1.54. The van der Waals surface area contributed by atoms with Crippen LogP contribution in [0, 0.1) is 5.82 Å². The zero-order valence-corrected chi connectivity index (χ0v) is 18.4. The lowest BCUT2D eigenvalue weighted by Crippen LogP contribution is -2.32. The van der Waals surface area contributed by atoms with Crippen molar-refractivity contribution in [1.29, 1.82) is 0 Å². The molecule has 3 aromatic heterocycles. The number of hydrogen-bond acceptors (Lipinski definition) is 5. The number of fused-ring (bicyclic) bond motifs is 2. The van der Waals surface area contributed by atoms with Crippen molar-refractivity contribution in [1.82, 2.24) is 29.5 Å². The first-order valence-electron chi connectivity index (χ1n) is 10.4. The van der Waals surface area contributed by atoms with Gasteiger partial charge >= 0.3 is 6.03 Å². The number of anilines is 2. The van der Waals surface area contributed by atoms with E-state index in [0.29, 0.717) is 33.6 Å². The van der Waals surface area contributed by atoms with E-state index in [-0.39, 0.29) is 22.8 Å². The highest BCUT2D eigenvalue weighted by molar-refractivity contribution is 6.35. The molecular formula is C21H22ClFN8O. The lowest BCUT2D eigenvalue weighted by molar-refractivity contribution is 0.222. The molecule has 4 heterocycles. The number of urea groups is 1. The molecule has 0 unspecified atom stereocenters. The van der Waals surface area contributed by atoms with Crippen LogP contribution in [0.3, 0.4) is 0 Å². The van der Waals surface area contributed by atoms with E-state index in [1.165, 1.54) is 0 Å². The first kappa shape index (κ1) is 20.5. The number of H-pyrrole nitrogens is 1. The molecule has 9 nitrogen and oxygen atoms in total. The predicted molar refractivity (Wildman–Crippen MR) is 122 cm³/mol. The molecule has 11 heteroatoms. The topological polar surface area (TPSA) is 103 Å². The van der Waals surface area contributed by atoms with E-state index in [0.717, 1.165) is 25.9 Å². The number of nitrogens with one attached hydrogen (secondary N) is 3. The molecular weight excluding hydrogens is 435 g/mol. The van der Waals surface area contributed by atoms with Crippen LogP contribution in [0.1, 0.15) is 26.7 Å². The Morgan fingerprint density at radius 1 is 1.25 bits per heavy atom. The van der Waals surface area contributed by atoms with Gasteiger partial charge in [-0.3, -0.25) is 15.4 Å². The fourth-order valence-electron chi connectivity index (χ4n) is 3.99. The number of benzene rings is 1. The summed E-state index contributed by atoms with van der Waals surface area (Å²) >= 11 is 6.47. The van der Waals surface area contributed by atoms with Gasteiger partial charge in [-0.15, -0.1) is 0 Å². The summed E-state index contributed by atoms with van der Waals surface area (Å²) in [5.74, 6) is -0.152. The number of aromatic amines is 1. The van der Waals surface area contributed by atoms with Crippen LogP contribution in [0.15, 0.2) is 24.8 Å². The second-order valence-corrected chi connectivity index (χ2v) is 8.50. The van der Waals surface area contributed by atoms with E-state index in [4.69, 9.17) is 11.6 Å². The van der Waals surface area contributed by atoms with E-state index in [2.05, 4.69) is 30.8 Å². The maximum atomic E-state index is 15.2. The number of carbonyl (C=O) groups excluding carboxylic acids is 1. The van der Waals surface area contributed by atoms with Gasteiger partial charge in [0.15, 0.2) is 17.3 Å². The maximum absolute atomic E-state index is 15.2. The normalized spacial score (nSPS) is 14.1. The molecule has 1 fully saturated rings. The quantitative estimate of drug-likeness (QED) is 0.419. The van der Waals surface area contributed by atoms with Crippen molar-refractivity contribution in [3.8, 4) is 11.3 Å². The number of hydrogen-bond donors (Lipinski definition) is 3. The van der Waals surface area contributed by atoms with Gasteiger partial charge in [0.25, 0.3) is 0 Å². The van der Waals surface area contributed by atoms with Crippen LogP contribution in [0.25, 0.3) is 27.8 Å². The average molecular weight is 457 g/mol. The summed E-state index contributed by atoms with van der Waals surface area (Å²) in [4.78, 5) is 23.0. The molecule has 166 valence electrons. The zero-order chi connectivity index (χ0) is 22.4. The molecule has 1 aliphatic rings. The van der Waals surface area contributed by atoms with E-state index >= 15 is 4.39 Å². The van der Waals surface area contributed by atoms with Crippen LogP contribution in [-0.4, -0.2) is 54.6 Å². The fraction of sp³-hybridized carbons (Fsp3) is 0.333. The summed E-state index contributed by atoms with van der Waals surface area (Å²) in [7, 11) is 0. The van der Waals surface area contributed by atoms with Crippen molar-refractivity contribution in [2.75, 3.05) is 23.7 Å². The largest absolute Gasteiger partial charge is 0.379 e. The maximum Gasteiger partial charge on any atom is 0.323 e. The number of halogens is 2. The summed E-state index contributed by atoms with van der Waals surface area (Å²) in [6.45, 7) is 5.32. The van der Waals surface area contributed by atoms with E-state index in [9.17, 15) is 4.79 Å². The number of rotatable bonds is 4. The zero-order valence-electron chi connectivity index (χ0n) is 17.6. The molecule has 1 saturated heterocycles. The highest BCUT2D eigenvalue weighted by Crippen LogP contribution is 2.40. The number of imidazole rings is 1. The molecule has 0 atom stereocenters. The molecule has 0 saturated carbocycles. The highest BCUT2D eigenvalue weighted by atomic mass is 35.5. The van der Waals surface area contributed by atoms with Gasteiger partial charge in [-0.05, 0) is 26.7 Å². The van der Waals surface area contributed by atoms with Gasteiger partial charge in [0.2, 0.25) is 0 Å². The first-order valence-corrected chi connectivity index (χ1v) is 10.8. The Kier molecular flexibility index (Phi) is 5.09. The van der Waals surface area contributed by atoms with Gasteiger partial charge in [-0.2, -0.15) is 5.10 Å². The van der Waals surface area contributed by atoms with Crippen molar-refractivity contribution in [3.63, 3.8) is 0 Å². The van der Waals surface area contributed by atoms with E-state index in [1.807, 2.05) is 13.8 Å². The smallest absolute Gasteiger partial charge is 0.323 e. The van der Waals surface area contributed by atoms with E-state index in [1.54, 1.807) is 34.1 Å². The van der Waals surface area contributed by atoms with Gasteiger partial charge in [-0.1, -0.05) is 11.6 Å². The predicted octanol–water partition coefficient (Wildman–Crippen LogP) is 4.51. The molecule has 0 spiro atoms. The molecule has 2 amide bonds. The van der Waals surface area contributed by atoms with Crippen LogP contribution in [0.4, 0.5) is 20.7 Å². The number of aromatic nitrogens is 5. The van der Waals surface area contributed by atoms with Gasteiger partial charge in [0.05, 0.1) is 40.5 Å². The Labute approximate surface area is 188 Å². The molecule has 1 aliphatic heterocycles. The Morgan fingerprint density at radius 3 is 2.78 bits per heavy atom. The third-order valence-electron chi connectivity index (χ3n) is 5.45. The summed E-state index contributed by atoms with van der Waals surface area (Å²) in [6.07, 6.45) is 8.58. The first-order chi connectivity index (χ1) is 15.4. The summed E-state index contributed by atoms with van der Waals surface area (Å²) < 4.78 is 16.9. The number of nitrogens with zero attached hydrogens (tertiary/aromatic N) is 5. The average Bonchev–Trinajstić information content (AvgIpc) is 3.50. The van der Waals surface area contributed by atoms with Gasteiger partial charge in [0.1, 0.15) is 0 Å². The van der Waals surface area contributed by atoms with Crippen molar-refractivity contribution >= 4 is 45.7 Å². The molecule has 32 heavy (non-hydrogen) atoms. The second kappa shape index (κ2) is 7.94. The van der Waals surface area contributed by atoms with Crippen LogP contribution in [0.2, 0.25) is 5.02 Å². The van der Waals surface area contributed by atoms with Gasteiger partial charge in [-0.25, -0.2) is 14.2 Å². The lowest BCUT2D eigenvalue weighted by atomic mass is 10.1. The molecule has 0 aliphatic carbocycles. The van der Waals surface area contributed by atoms with E-state index < -0.39 is 5.82 Å². The van der Waals surface area contributed by atoms with Crippen LogP contribution >= 0.6 is 11.6 Å². The lowest BCUT2D eigenvalue weighted by Gasteiger charge is -2.15. The standard InChI is InChI=1S/C21H22ClFN8O/c1-11(2)26-20-18(23)17(22)16(12-7-25-29-19(12)20)13-9-31-10-14(27-15(31)8-24-13)28-21(32)30-5-3-4-6-30/h7-11,26H,3-6H2,1-2H3,(H,25,29)(H,28,32). The third kappa shape index (κ3) is 3.50. The van der Waals surface area contributed by atoms with Crippen molar-refractivity contribution in [3.05, 3.63) is 35.6 Å². The monoisotopic (exact) mass is 456 g/mol. The van der Waals surface area contributed by atoms with Gasteiger partial charge in [0, 0.05) is 36.3 Å². The Morgan fingerprint density at radius 2 is 2.03 bits per heavy atom. The molecule has 5 rings (SSSR count). The summed E-state index contributed by atoms with van der Waals surface area (Å²) in [5.41, 5.74) is 2.22. The van der Waals surface area contributed by atoms with Crippen LogP contribution in [-0.2, 0) is 0 Å². The SMILES string of the molecule is CC(C)Nc1c(F)c(Cl)c(-c2cn3cc(NC(=O)N4CCCC4)nc3cn2)c2cn[nH]c12. The van der Waals surface area contributed by atoms with Crippen LogP contribution in [0.5, 0.6) is 0 Å². The molecule has 3 N–H and O–H groups in total. The highest BCUT2D eigenvalue weighted by Gasteiger charge is 2.23. The minimum absolute atomic E-state index is 0.00697. The van der Waals surface area contributed by atoms with Crippen molar-refractivity contribution in [2.24, 2.45) is 0 Å². The molecule has 1 aromatic carbocycles. The Hall–Kier alpha value is -3.40. The fourth-order valence-corrected chi connectivity index (χ4v) is 4.28. The molecule has 0 bridgehead atoms. The number of carbonyl (C=O) groups is 1. The minimum Gasteiger partial charge on any atom is -0.379 e. The number of amides is 2. The third-order valence-corrected chi connectivity index (χ3v) is 5.80. The molecule has 0 radical (unpaired) electrons. The van der Waals surface area contributed by atoms with Crippen LogP contribution < -0.4 is 10.6 Å². The van der Waals surface area contributed by atoms with Gasteiger partial charge < -0.3 is 14.6 Å². The summed E-state index contributed by atoms with van der Waals surface area (Å²) in [5, 5.41) is 13.4. The second-order valence-electron chi connectivity index (χ2n) is 8.12. The van der Waals surface area contributed by atoms with Crippen molar-refractivity contribution < 1.29 is 9.18 Å². The summed E-state index contributed by atoms with van der Waals surface area (Å²) in [6, 6.07) is -0.162. The number of likely N-dealkylation sites (tertiary alicyclic amines) is 1. The molecule has 4 aromatic rings.